The van der Waals surface area contributed by atoms with Crippen molar-refractivity contribution in [1.29, 1.82) is 0 Å². The average molecular weight is 229 g/mol. The zero-order valence-electron chi connectivity index (χ0n) is 10.7. The van der Waals surface area contributed by atoms with Crippen LogP contribution in [0.1, 0.15) is 17.0 Å². The van der Waals surface area contributed by atoms with E-state index in [4.69, 9.17) is 5.73 Å². The number of hydrogen-bond donors (Lipinski definition) is 1. The summed E-state index contributed by atoms with van der Waals surface area (Å²) in [5, 5.41) is 0. The summed E-state index contributed by atoms with van der Waals surface area (Å²) in [4.78, 5) is 4.58. The van der Waals surface area contributed by atoms with Gasteiger partial charge in [0.25, 0.3) is 0 Å². The second kappa shape index (κ2) is 4.72. The molecule has 90 valence electrons. The van der Waals surface area contributed by atoms with Crippen molar-refractivity contribution in [3.63, 3.8) is 0 Å². The lowest BCUT2D eigenvalue weighted by atomic mass is 10.0. The molecule has 0 saturated carbocycles. The van der Waals surface area contributed by atoms with E-state index < -0.39 is 0 Å². The third-order valence-corrected chi connectivity index (χ3v) is 3.15. The molecule has 0 amide bonds. The molecule has 0 aliphatic carbocycles. The Labute approximate surface area is 102 Å². The molecule has 0 fully saturated rings. The minimum absolute atomic E-state index is 0.642. The predicted molar refractivity (Wildman–Crippen MR) is 70.9 cm³/mol. The van der Waals surface area contributed by atoms with Crippen molar-refractivity contribution in [2.45, 2.75) is 27.3 Å². The highest BCUT2D eigenvalue weighted by Crippen LogP contribution is 2.21. The Kier molecular flexibility index (Phi) is 3.29. The maximum atomic E-state index is 5.57. The van der Waals surface area contributed by atoms with Crippen LogP contribution in [0.4, 0.5) is 0 Å². The molecule has 0 bridgehead atoms. The quantitative estimate of drug-likeness (QED) is 0.878. The number of rotatable bonds is 3. The van der Waals surface area contributed by atoms with Crippen molar-refractivity contribution in [3.8, 4) is 11.3 Å². The zero-order chi connectivity index (χ0) is 12.4. The second-order valence-corrected chi connectivity index (χ2v) is 4.45. The van der Waals surface area contributed by atoms with Crippen LogP contribution in [0.15, 0.2) is 24.4 Å². The first-order valence-electron chi connectivity index (χ1n) is 5.93. The fourth-order valence-electron chi connectivity index (χ4n) is 1.91. The van der Waals surface area contributed by atoms with E-state index in [2.05, 4.69) is 47.8 Å². The Morgan fingerprint density at radius 2 is 1.94 bits per heavy atom. The van der Waals surface area contributed by atoms with E-state index in [0.29, 0.717) is 6.54 Å². The van der Waals surface area contributed by atoms with Crippen molar-refractivity contribution in [2.75, 3.05) is 6.54 Å². The van der Waals surface area contributed by atoms with Gasteiger partial charge in [0, 0.05) is 24.8 Å². The molecule has 2 N–H and O–H groups in total. The topological polar surface area (TPSA) is 43.8 Å². The van der Waals surface area contributed by atoms with E-state index in [1.54, 1.807) is 0 Å². The Morgan fingerprint density at radius 1 is 1.18 bits per heavy atom. The third-order valence-electron chi connectivity index (χ3n) is 3.15. The van der Waals surface area contributed by atoms with Crippen LogP contribution < -0.4 is 5.73 Å². The van der Waals surface area contributed by atoms with E-state index in [9.17, 15) is 0 Å². The van der Waals surface area contributed by atoms with Crippen molar-refractivity contribution in [3.05, 3.63) is 41.3 Å². The van der Waals surface area contributed by atoms with Gasteiger partial charge >= 0.3 is 0 Å². The SMILES string of the molecule is Cc1ccc(-c2cn(CCN)c(C)n2)cc1C. The normalized spacial score (nSPS) is 10.8. The van der Waals surface area contributed by atoms with E-state index >= 15 is 0 Å². The van der Waals surface area contributed by atoms with Gasteiger partial charge in [0.05, 0.1) is 5.69 Å². The van der Waals surface area contributed by atoms with Crippen LogP contribution in [-0.2, 0) is 6.54 Å². The number of hydrogen-bond acceptors (Lipinski definition) is 2. The summed E-state index contributed by atoms with van der Waals surface area (Å²) in [7, 11) is 0. The average Bonchev–Trinajstić information content (AvgIpc) is 2.65. The zero-order valence-corrected chi connectivity index (χ0v) is 10.7. The summed E-state index contributed by atoms with van der Waals surface area (Å²) in [6.45, 7) is 7.73. The van der Waals surface area contributed by atoms with Crippen molar-refractivity contribution < 1.29 is 0 Å². The molecule has 0 spiro atoms. The first-order valence-corrected chi connectivity index (χ1v) is 5.93. The molecule has 1 aromatic carbocycles. The molecule has 0 unspecified atom stereocenters. The summed E-state index contributed by atoms with van der Waals surface area (Å²) in [5.41, 5.74) is 10.4. The number of aromatic nitrogens is 2. The third kappa shape index (κ3) is 2.39. The molecule has 0 aliphatic heterocycles. The summed E-state index contributed by atoms with van der Waals surface area (Å²) in [6, 6.07) is 6.45. The highest BCUT2D eigenvalue weighted by molar-refractivity contribution is 5.60. The first-order chi connectivity index (χ1) is 8.11. The van der Waals surface area contributed by atoms with Crippen molar-refractivity contribution >= 4 is 0 Å². The maximum Gasteiger partial charge on any atom is 0.106 e. The largest absolute Gasteiger partial charge is 0.333 e. The van der Waals surface area contributed by atoms with Gasteiger partial charge in [-0.05, 0) is 38.0 Å². The molecule has 0 aliphatic rings. The predicted octanol–water partition coefficient (Wildman–Crippen LogP) is 2.43. The van der Waals surface area contributed by atoms with Gasteiger partial charge in [-0.2, -0.15) is 0 Å². The summed E-state index contributed by atoms with van der Waals surface area (Å²) in [5.74, 6) is 1.02. The number of imidazole rings is 1. The molecule has 1 heterocycles. The molecule has 0 radical (unpaired) electrons. The Balaban J connectivity index is 2.39. The number of nitrogens with zero attached hydrogens (tertiary/aromatic N) is 2. The lowest BCUT2D eigenvalue weighted by molar-refractivity contribution is 0.684. The van der Waals surface area contributed by atoms with Crippen LogP contribution in [0.5, 0.6) is 0 Å². The molecule has 17 heavy (non-hydrogen) atoms. The monoisotopic (exact) mass is 229 g/mol. The minimum atomic E-state index is 0.642. The van der Waals surface area contributed by atoms with Gasteiger partial charge in [-0.15, -0.1) is 0 Å². The molecular formula is C14H19N3. The molecule has 2 rings (SSSR count). The second-order valence-electron chi connectivity index (χ2n) is 4.45. The van der Waals surface area contributed by atoms with E-state index in [0.717, 1.165) is 18.1 Å². The summed E-state index contributed by atoms with van der Waals surface area (Å²) in [6.07, 6.45) is 2.08. The smallest absolute Gasteiger partial charge is 0.106 e. The summed E-state index contributed by atoms with van der Waals surface area (Å²) >= 11 is 0. The fourth-order valence-corrected chi connectivity index (χ4v) is 1.91. The Morgan fingerprint density at radius 3 is 2.59 bits per heavy atom. The van der Waals surface area contributed by atoms with Gasteiger partial charge in [0.1, 0.15) is 5.82 Å². The minimum Gasteiger partial charge on any atom is -0.333 e. The number of aryl methyl sites for hydroxylation is 3. The van der Waals surface area contributed by atoms with Gasteiger partial charge < -0.3 is 10.3 Å². The first kappa shape index (κ1) is 11.9. The molecule has 3 nitrogen and oxygen atoms in total. The molecule has 0 atom stereocenters. The highest BCUT2D eigenvalue weighted by Gasteiger charge is 2.06. The van der Waals surface area contributed by atoms with Gasteiger partial charge in [-0.25, -0.2) is 4.98 Å². The van der Waals surface area contributed by atoms with Gasteiger partial charge in [-0.1, -0.05) is 12.1 Å². The van der Waals surface area contributed by atoms with E-state index in [1.165, 1.54) is 16.7 Å². The maximum absolute atomic E-state index is 5.57. The van der Waals surface area contributed by atoms with Crippen molar-refractivity contribution in [1.82, 2.24) is 9.55 Å². The Hall–Kier alpha value is -1.61. The summed E-state index contributed by atoms with van der Waals surface area (Å²) < 4.78 is 2.10. The lowest BCUT2D eigenvalue weighted by Gasteiger charge is -2.02. The van der Waals surface area contributed by atoms with E-state index in [-0.39, 0.29) is 0 Å². The van der Waals surface area contributed by atoms with Crippen LogP contribution in [0.25, 0.3) is 11.3 Å². The van der Waals surface area contributed by atoms with Crippen LogP contribution >= 0.6 is 0 Å². The van der Waals surface area contributed by atoms with E-state index in [1.807, 2.05) is 6.92 Å². The number of benzene rings is 1. The van der Waals surface area contributed by atoms with Gasteiger partial charge in [-0.3, -0.25) is 0 Å². The standard InChI is InChI=1S/C14H19N3/c1-10-4-5-13(8-11(10)2)14-9-17(7-6-15)12(3)16-14/h4-5,8-9H,6-7,15H2,1-3H3. The molecule has 0 saturated heterocycles. The van der Waals surface area contributed by atoms with Crippen molar-refractivity contribution in [2.24, 2.45) is 5.73 Å². The van der Waals surface area contributed by atoms with Crippen LogP contribution in [-0.4, -0.2) is 16.1 Å². The fraction of sp³-hybridized carbons (Fsp3) is 0.357. The molecule has 3 heteroatoms. The van der Waals surface area contributed by atoms with Gasteiger partial charge in [0.15, 0.2) is 0 Å². The van der Waals surface area contributed by atoms with Crippen LogP contribution in [0.2, 0.25) is 0 Å². The van der Waals surface area contributed by atoms with Crippen LogP contribution in [0, 0.1) is 20.8 Å². The lowest BCUT2D eigenvalue weighted by Crippen LogP contribution is -2.10. The molecule has 1 aromatic heterocycles. The Bertz CT molecular complexity index is 526. The van der Waals surface area contributed by atoms with Gasteiger partial charge in [0.2, 0.25) is 0 Å². The highest BCUT2D eigenvalue weighted by atomic mass is 15.1. The molecule has 2 aromatic rings. The number of nitrogens with two attached hydrogens (primary N) is 1. The molecular weight excluding hydrogens is 210 g/mol. The van der Waals surface area contributed by atoms with Crippen LogP contribution in [0.3, 0.4) is 0 Å².